The summed E-state index contributed by atoms with van der Waals surface area (Å²) in [6.45, 7) is 0. The Labute approximate surface area is 159 Å². The highest BCUT2D eigenvalue weighted by atomic mass is 19.4. The third kappa shape index (κ3) is 9.40. The summed E-state index contributed by atoms with van der Waals surface area (Å²) in [4.78, 5) is 0. The zero-order chi connectivity index (χ0) is 23.9. The minimum Gasteiger partial charge on any atom is -0.171 e. The molecule has 0 atom stereocenters. The van der Waals surface area contributed by atoms with Crippen molar-refractivity contribution in [2.75, 3.05) is 0 Å². The van der Waals surface area contributed by atoms with E-state index < -0.39 is 92.6 Å². The normalized spacial score (nSPS) is 29.5. The number of hydrogen-bond acceptors (Lipinski definition) is 0. The minimum atomic E-state index is -5.39. The second-order valence-corrected chi connectivity index (χ2v) is 7.42. The van der Waals surface area contributed by atoms with Crippen LogP contribution < -0.4 is 0 Å². The highest BCUT2D eigenvalue weighted by Gasteiger charge is 2.60. The molecule has 0 aliphatic heterocycles. The summed E-state index contributed by atoms with van der Waals surface area (Å²) in [6.07, 6.45) is -38.7. The van der Waals surface area contributed by atoms with Crippen LogP contribution in [0.25, 0.3) is 0 Å². The van der Waals surface area contributed by atoms with Crippen molar-refractivity contribution in [1.29, 1.82) is 0 Å². The number of halogens is 15. The second kappa shape index (κ2) is 8.47. The quantitative estimate of drug-likeness (QED) is 0.352. The Morgan fingerprint density at radius 3 is 0.433 bits per heavy atom. The molecule has 30 heavy (non-hydrogen) atoms. The lowest BCUT2D eigenvalue weighted by Crippen LogP contribution is -2.31. The molecule has 1 fully saturated rings. The summed E-state index contributed by atoms with van der Waals surface area (Å²) < 4.78 is 193. The monoisotopic (exact) mass is 480 g/mol. The van der Waals surface area contributed by atoms with Crippen molar-refractivity contribution in [3.63, 3.8) is 0 Å². The van der Waals surface area contributed by atoms with E-state index in [0.717, 1.165) is 0 Å². The Morgan fingerprint density at radius 2 is 0.367 bits per heavy atom. The van der Waals surface area contributed by atoms with Crippen molar-refractivity contribution >= 4 is 0 Å². The first-order valence-corrected chi connectivity index (χ1v) is 8.31. The van der Waals surface area contributed by atoms with E-state index in [4.69, 9.17) is 0 Å². The first-order chi connectivity index (χ1) is 13.0. The van der Waals surface area contributed by atoms with Gasteiger partial charge in [0.1, 0.15) is 0 Å². The van der Waals surface area contributed by atoms with Gasteiger partial charge in [0.15, 0.2) is 0 Å². The summed E-state index contributed by atoms with van der Waals surface area (Å²) in [5.41, 5.74) is 0. The molecule has 0 spiro atoms. The maximum atomic E-state index is 12.8. The molecule has 0 unspecified atom stereocenters. The van der Waals surface area contributed by atoms with Crippen LogP contribution in [0.1, 0.15) is 32.1 Å². The number of alkyl halides is 15. The predicted molar refractivity (Wildman–Crippen MR) is 70.8 cm³/mol. The SMILES string of the molecule is FC(F)(F)CC1C(CC(F)(F)F)C(CC(F)(F)F)C(CC(F)(F)F)C1CC(F)(F)F. The largest absolute Gasteiger partial charge is 0.389 e. The van der Waals surface area contributed by atoms with Gasteiger partial charge in [0, 0.05) is 32.1 Å². The lowest BCUT2D eigenvalue weighted by atomic mass is 9.80. The molecule has 180 valence electrons. The van der Waals surface area contributed by atoms with Gasteiger partial charge in [-0.05, 0) is 29.6 Å². The van der Waals surface area contributed by atoms with Crippen molar-refractivity contribution in [2.24, 2.45) is 29.6 Å². The molecule has 0 N–H and O–H groups in total. The maximum Gasteiger partial charge on any atom is 0.389 e. The lowest BCUT2D eigenvalue weighted by molar-refractivity contribution is -0.183. The molecule has 1 aliphatic rings. The number of rotatable bonds is 5. The van der Waals surface area contributed by atoms with Crippen LogP contribution in [0.5, 0.6) is 0 Å². The summed E-state index contributed by atoms with van der Waals surface area (Å²) in [5, 5.41) is 0. The van der Waals surface area contributed by atoms with Crippen LogP contribution in [0, 0.1) is 29.6 Å². The van der Waals surface area contributed by atoms with Gasteiger partial charge < -0.3 is 0 Å². The average Bonchev–Trinajstić information content (AvgIpc) is 2.57. The van der Waals surface area contributed by atoms with Crippen LogP contribution >= 0.6 is 0 Å². The molecule has 1 rings (SSSR count). The highest BCUT2D eigenvalue weighted by Crippen LogP contribution is 2.60. The van der Waals surface area contributed by atoms with Gasteiger partial charge in [0.05, 0.1) is 0 Å². The Balaban J connectivity index is 3.57. The Morgan fingerprint density at radius 1 is 0.267 bits per heavy atom. The molecular formula is C15H15F15. The van der Waals surface area contributed by atoms with Crippen LogP contribution in [0.4, 0.5) is 65.9 Å². The van der Waals surface area contributed by atoms with E-state index >= 15 is 0 Å². The fraction of sp³-hybridized carbons (Fsp3) is 1.00. The maximum absolute atomic E-state index is 12.8. The van der Waals surface area contributed by atoms with E-state index in [1.54, 1.807) is 0 Å². The molecule has 1 saturated carbocycles. The van der Waals surface area contributed by atoms with Gasteiger partial charge >= 0.3 is 30.9 Å². The van der Waals surface area contributed by atoms with E-state index in [-0.39, 0.29) is 0 Å². The van der Waals surface area contributed by atoms with Gasteiger partial charge in [-0.1, -0.05) is 0 Å². The third-order valence-electron chi connectivity index (χ3n) is 5.09. The van der Waals surface area contributed by atoms with Crippen LogP contribution in [0.2, 0.25) is 0 Å². The van der Waals surface area contributed by atoms with Crippen molar-refractivity contribution in [3.05, 3.63) is 0 Å². The zero-order valence-electron chi connectivity index (χ0n) is 14.6. The van der Waals surface area contributed by atoms with Gasteiger partial charge in [0.25, 0.3) is 0 Å². The lowest BCUT2D eigenvalue weighted by Gasteiger charge is -2.29. The predicted octanol–water partition coefficient (Wildman–Crippen LogP) is 7.84. The van der Waals surface area contributed by atoms with Gasteiger partial charge in [0.2, 0.25) is 0 Å². The van der Waals surface area contributed by atoms with Gasteiger partial charge in [-0.25, -0.2) is 0 Å². The van der Waals surface area contributed by atoms with Crippen LogP contribution in [-0.4, -0.2) is 30.9 Å². The van der Waals surface area contributed by atoms with E-state index in [0.29, 0.717) is 0 Å². The molecule has 0 bridgehead atoms. The van der Waals surface area contributed by atoms with Crippen LogP contribution in [0.3, 0.4) is 0 Å². The molecule has 0 aromatic carbocycles. The average molecular weight is 480 g/mol. The van der Waals surface area contributed by atoms with Crippen LogP contribution in [-0.2, 0) is 0 Å². The smallest absolute Gasteiger partial charge is 0.171 e. The summed E-state index contributed by atoms with van der Waals surface area (Å²) in [5.74, 6) is -13.5. The summed E-state index contributed by atoms with van der Waals surface area (Å²) in [6, 6.07) is 0. The van der Waals surface area contributed by atoms with Gasteiger partial charge in [-0.15, -0.1) is 0 Å². The fourth-order valence-electron chi connectivity index (χ4n) is 4.44. The molecule has 0 aromatic rings. The molecule has 0 aromatic heterocycles. The van der Waals surface area contributed by atoms with E-state index in [9.17, 15) is 65.9 Å². The molecule has 0 amide bonds. The highest BCUT2D eigenvalue weighted by molar-refractivity contribution is 5.00. The second-order valence-electron chi connectivity index (χ2n) is 7.42. The number of hydrogen-bond donors (Lipinski definition) is 0. The van der Waals surface area contributed by atoms with Crippen molar-refractivity contribution in [2.45, 2.75) is 63.0 Å². The molecule has 0 saturated heterocycles. The van der Waals surface area contributed by atoms with E-state index in [1.165, 1.54) is 0 Å². The Hall–Kier alpha value is -1.05. The summed E-state index contributed by atoms with van der Waals surface area (Å²) >= 11 is 0. The first kappa shape index (κ1) is 27.0. The van der Waals surface area contributed by atoms with Gasteiger partial charge in [-0.2, -0.15) is 65.9 Å². The molecule has 0 heterocycles. The van der Waals surface area contributed by atoms with Crippen molar-refractivity contribution in [3.8, 4) is 0 Å². The van der Waals surface area contributed by atoms with Crippen molar-refractivity contribution in [1.82, 2.24) is 0 Å². The first-order valence-electron chi connectivity index (χ1n) is 8.31. The van der Waals surface area contributed by atoms with E-state index in [2.05, 4.69) is 0 Å². The van der Waals surface area contributed by atoms with E-state index in [1.807, 2.05) is 0 Å². The Kier molecular flexibility index (Phi) is 7.62. The van der Waals surface area contributed by atoms with Crippen molar-refractivity contribution < 1.29 is 65.9 Å². The standard InChI is InChI=1S/C15H15F15/c16-11(17,18)1-6-7(2-12(19,20)21)9(4-14(25,26)27)10(5-15(28,29)30)8(6)3-13(22,23)24/h6-10H,1-5H2. The Bertz CT molecular complexity index is 421. The molecule has 0 radical (unpaired) electrons. The topological polar surface area (TPSA) is 0 Å². The summed E-state index contributed by atoms with van der Waals surface area (Å²) in [7, 11) is 0. The van der Waals surface area contributed by atoms with Gasteiger partial charge in [-0.3, -0.25) is 0 Å². The molecular weight excluding hydrogens is 465 g/mol. The zero-order valence-corrected chi connectivity index (χ0v) is 14.6. The molecule has 1 aliphatic carbocycles. The molecule has 15 heteroatoms. The fourth-order valence-corrected chi connectivity index (χ4v) is 4.44. The van der Waals surface area contributed by atoms with Crippen LogP contribution in [0.15, 0.2) is 0 Å². The molecule has 0 nitrogen and oxygen atoms in total. The third-order valence-corrected chi connectivity index (χ3v) is 5.09. The minimum absolute atomic E-state index is 2.35.